The molecule has 0 spiro atoms. The Labute approximate surface area is 88.8 Å². The van der Waals surface area contributed by atoms with Gasteiger partial charge in [0.25, 0.3) is 6.02 Å². The topological polar surface area (TPSA) is 45.1 Å². The van der Waals surface area contributed by atoms with Crippen molar-refractivity contribution < 1.29 is 9.84 Å². The third kappa shape index (κ3) is 2.47. The van der Waals surface area contributed by atoms with Gasteiger partial charge < -0.3 is 14.7 Å². The van der Waals surface area contributed by atoms with E-state index in [1.54, 1.807) is 0 Å². The quantitative estimate of drug-likeness (QED) is 0.802. The smallest absolute Gasteiger partial charge is 0.292 e. The lowest BCUT2D eigenvalue weighted by molar-refractivity contribution is 0.256. The monoisotopic (exact) mass is 206 g/mol. The van der Waals surface area contributed by atoms with Crippen molar-refractivity contribution in [2.24, 2.45) is 4.99 Å². The number of para-hydroxylation sites is 1. The highest BCUT2D eigenvalue weighted by molar-refractivity contribution is 5.78. The third-order valence-electron chi connectivity index (χ3n) is 2.21. The van der Waals surface area contributed by atoms with Crippen molar-refractivity contribution >= 4 is 11.7 Å². The fourth-order valence-electron chi connectivity index (χ4n) is 1.48. The highest BCUT2D eigenvalue weighted by Crippen LogP contribution is 2.13. The Bertz CT molecular complexity index is 338. The van der Waals surface area contributed by atoms with E-state index >= 15 is 0 Å². The molecule has 0 aromatic heterocycles. The van der Waals surface area contributed by atoms with Crippen LogP contribution in [0.1, 0.15) is 0 Å². The molecule has 80 valence electrons. The highest BCUT2D eigenvalue weighted by atomic mass is 16.5. The molecule has 1 N–H and O–H groups in total. The second-order valence-electron chi connectivity index (χ2n) is 3.29. The van der Waals surface area contributed by atoms with Gasteiger partial charge in [0.2, 0.25) is 0 Å². The van der Waals surface area contributed by atoms with Gasteiger partial charge in [0.15, 0.2) is 0 Å². The van der Waals surface area contributed by atoms with E-state index in [1.807, 2.05) is 35.2 Å². The summed E-state index contributed by atoms with van der Waals surface area (Å²) in [4.78, 5) is 6.30. The van der Waals surface area contributed by atoms with E-state index in [-0.39, 0.29) is 6.61 Å². The van der Waals surface area contributed by atoms with Crippen molar-refractivity contribution in [3.05, 3.63) is 30.3 Å². The first kappa shape index (κ1) is 9.98. The summed E-state index contributed by atoms with van der Waals surface area (Å²) in [5.41, 5.74) is 0.873. The van der Waals surface area contributed by atoms with Crippen LogP contribution in [0.5, 0.6) is 0 Å². The highest BCUT2D eigenvalue weighted by Gasteiger charge is 2.19. The van der Waals surface area contributed by atoms with Crippen LogP contribution in [0.3, 0.4) is 0 Å². The zero-order chi connectivity index (χ0) is 10.5. The standard InChI is InChI=1S/C11H14N2O2/c14-8-6-13-7-9-15-11(13)12-10-4-2-1-3-5-10/h1-5,14H,6-9H2/b12-11+. The van der Waals surface area contributed by atoms with E-state index in [9.17, 15) is 0 Å². The van der Waals surface area contributed by atoms with Crippen molar-refractivity contribution in [3.63, 3.8) is 0 Å². The number of benzene rings is 1. The van der Waals surface area contributed by atoms with E-state index < -0.39 is 0 Å². The van der Waals surface area contributed by atoms with E-state index in [1.165, 1.54) is 0 Å². The maximum absolute atomic E-state index is 8.86. The first-order valence-electron chi connectivity index (χ1n) is 5.02. The van der Waals surface area contributed by atoms with Gasteiger partial charge in [0.05, 0.1) is 18.8 Å². The molecule has 1 fully saturated rings. The SMILES string of the molecule is OCCN1CCO/C1=N/c1ccccc1. The number of ether oxygens (including phenoxy) is 1. The summed E-state index contributed by atoms with van der Waals surface area (Å²) in [6.07, 6.45) is 0. The number of hydrogen-bond donors (Lipinski definition) is 1. The zero-order valence-electron chi connectivity index (χ0n) is 8.47. The maximum Gasteiger partial charge on any atom is 0.292 e. The second kappa shape index (κ2) is 4.79. The molecule has 0 aliphatic carbocycles. The Hall–Kier alpha value is -1.55. The lowest BCUT2D eigenvalue weighted by atomic mass is 10.3. The van der Waals surface area contributed by atoms with Crippen molar-refractivity contribution in [2.75, 3.05) is 26.3 Å². The number of aliphatic imine (C=N–C) groups is 1. The zero-order valence-corrected chi connectivity index (χ0v) is 8.47. The molecular weight excluding hydrogens is 192 g/mol. The number of aliphatic hydroxyl groups excluding tert-OH is 1. The molecular formula is C11H14N2O2. The Morgan fingerprint density at radius 2 is 2.13 bits per heavy atom. The van der Waals surface area contributed by atoms with Crippen LogP contribution in [-0.2, 0) is 4.74 Å². The number of β-amino-alcohol motifs (C(OH)–C–C–N with tert-alkyl or cyclic N) is 1. The van der Waals surface area contributed by atoms with Gasteiger partial charge in [0, 0.05) is 6.54 Å². The first-order valence-corrected chi connectivity index (χ1v) is 5.02. The molecule has 0 unspecified atom stereocenters. The fraction of sp³-hybridized carbons (Fsp3) is 0.364. The summed E-state index contributed by atoms with van der Waals surface area (Å²) >= 11 is 0. The summed E-state index contributed by atoms with van der Waals surface area (Å²) in [5, 5.41) is 8.86. The molecule has 4 heteroatoms. The summed E-state index contributed by atoms with van der Waals surface area (Å²) < 4.78 is 5.39. The molecule has 0 radical (unpaired) electrons. The van der Waals surface area contributed by atoms with Crippen LogP contribution in [0.15, 0.2) is 35.3 Å². The lowest BCUT2D eigenvalue weighted by Gasteiger charge is -2.13. The first-order chi connectivity index (χ1) is 7.40. The molecule has 0 atom stereocenters. The third-order valence-corrected chi connectivity index (χ3v) is 2.21. The van der Waals surface area contributed by atoms with Gasteiger partial charge in [-0.05, 0) is 12.1 Å². The van der Waals surface area contributed by atoms with Crippen molar-refractivity contribution in [2.45, 2.75) is 0 Å². The van der Waals surface area contributed by atoms with Crippen LogP contribution in [0.25, 0.3) is 0 Å². The Balaban J connectivity index is 2.12. The summed E-state index contributed by atoms with van der Waals surface area (Å²) in [7, 11) is 0. The molecule has 1 aromatic carbocycles. The van der Waals surface area contributed by atoms with Gasteiger partial charge in [-0.2, -0.15) is 4.99 Å². The molecule has 2 rings (SSSR count). The Kier molecular flexibility index (Phi) is 3.19. The number of hydrogen-bond acceptors (Lipinski definition) is 3. The summed E-state index contributed by atoms with van der Waals surface area (Å²) in [6.45, 7) is 2.14. The maximum atomic E-state index is 8.86. The fourth-order valence-corrected chi connectivity index (χ4v) is 1.48. The van der Waals surface area contributed by atoms with Gasteiger partial charge in [0.1, 0.15) is 6.61 Å². The summed E-state index contributed by atoms with van der Waals surface area (Å²) in [5.74, 6) is 0. The van der Waals surface area contributed by atoms with Crippen LogP contribution < -0.4 is 0 Å². The number of aliphatic hydroxyl groups is 1. The van der Waals surface area contributed by atoms with E-state index in [0.29, 0.717) is 19.2 Å². The normalized spacial score (nSPS) is 18.2. The van der Waals surface area contributed by atoms with Gasteiger partial charge in [-0.3, -0.25) is 0 Å². The molecule has 0 amide bonds. The largest absolute Gasteiger partial charge is 0.463 e. The average Bonchev–Trinajstić information content (AvgIpc) is 2.68. The van der Waals surface area contributed by atoms with Crippen LogP contribution >= 0.6 is 0 Å². The van der Waals surface area contributed by atoms with Gasteiger partial charge >= 0.3 is 0 Å². The minimum absolute atomic E-state index is 0.122. The lowest BCUT2D eigenvalue weighted by Crippen LogP contribution is -2.28. The van der Waals surface area contributed by atoms with Crippen LogP contribution in [0.2, 0.25) is 0 Å². The van der Waals surface area contributed by atoms with E-state index in [2.05, 4.69) is 4.99 Å². The predicted molar refractivity (Wildman–Crippen MR) is 58.1 cm³/mol. The molecule has 0 saturated carbocycles. The molecule has 1 saturated heterocycles. The van der Waals surface area contributed by atoms with Gasteiger partial charge in [-0.15, -0.1) is 0 Å². The number of nitrogens with zero attached hydrogens (tertiary/aromatic N) is 2. The second-order valence-corrected chi connectivity index (χ2v) is 3.29. The molecule has 1 heterocycles. The van der Waals surface area contributed by atoms with Gasteiger partial charge in [-0.25, -0.2) is 0 Å². The van der Waals surface area contributed by atoms with Crippen molar-refractivity contribution in [3.8, 4) is 0 Å². The molecule has 15 heavy (non-hydrogen) atoms. The van der Waals surface area contributed by atoms with Gasteiger partial charge in [-0.1, -0.05) is 18.2 Å². The van der Waals surface area contributed by atoms with E-state index in [4.69, 9.17) is 9.84 Å². The number of amidine groups is 1. The molecule has 1 aromatic rings. The Morgan fingerprint density at radius 1 is 1.33 bits per heavy atom. The van der Waals surface area contributed by atoms with Crippen molar-refractivity contribution in [1.29, 1.82) is 0 Å². The minimum atomic E-state index is 0.122. The van der Waals surface area contributed by atoms with E-state index in [0.717, 1.165) is 12.2 Å². The van der Waals surface area contributed by atoms with Crippen LogP contribution in [0.4, 0.5) is 5.69 Å². The minimum Gasteiger partial charge on any atom is -0.463 e. The Morgan fingerprint density at radius 3 is 2.87 bits per heavy atom. The molecule has 1 aliphatic heterocycles. The molecule has 4 nitrogen and oxygen atoms in total. The van der Waals surface area contributed by atoms with Crippen molar-refractivity contribution in [1.82, 2.24) is 4.90 Å². The predicted octanol–water partition coefficient (Wildman–Crippen LogP) is 0.999. The molecule has 0 bridgehead atoms. The average molecular weight is 206 g/mol. The molecule has 1 aliphatic rings. The van der Waals surface area contributed by atoms with Crippen LogP contribution in [-0.4, -0.2) is 42.3 Å². The van der Waals surface area contributed by atoms with Crippen LogP contribution in [0, 0.1) is 0 Å². The number of rotatable bonds is 3. The summed E-state index contributed by atoms with van der Waals surface area (Å²) in [6, 6.07) is 10.3.